The molecule has 0 bridgehead atoms. The summed E-state index contributed by atoms with van der Waals surface area (Å²) in [5.41, 5.74) is 2.79. The minimum absolute atomic E-state index is 0.186. The van der Waals surface area contributed by atoms with Crippen LogP contribution in [0.25, 0.3) is 0 Å². The van der Waals surface area contributed by atoms with E-state index in [9.17, 15) is 4.79 Å². The van der Waals surface area contributed by atoms with Crippen LogP contribution >= 0.6 is 11.6 Å². The van der Waals surface area contributed by atoms with Crippen molar-refractivity contribution in [2.75, 3.05) is 17.3 Å². The van der Waals surface area contributed by atoms with Gasteiger partial charge >= 0.3 is 6.09 Å². The van der Waals surface area contributed by atoms with Crippen molar-refractivity contribution in [3.8, 4) is 0 Å². The standard InChI is InChI=1S/C15H20ClNO2/c1-10-6-5-7-12-13(10)11(8-16)9-17(12)14(18)19-15(2,3)4/h5-7,11H,8-9H2,1-4H3. The highest BCUT2D eigenvalue weighted by atomic mass is 35.5. The van der Waals surface area contributed by atoms with E-state index < -0.39 is 5.60 Å². The molecule has 1 aliphatic heterocycles. The van der Waals surface area contributed by atoms with Crippen molar-refractivity contribution < 1.29 is 9.53 Å². The maximum Gasteiger partial charge on any atom is 0.414 e. The van der Waals surface area contributed by atoms with Crippen LogP contribution in [-0.2, 0) is 4.74 Å². The van der Waals surface area contributed by atoms with Gasteiger partial charge in [0.15, 0.2) is 0 Å². The van der Waals surface area contributed by atoms with Crippen molar-refractivity contribution in [3.05, 3.63) is 29.3 Å². The molecule has 0 saturated carbocycles. The second-order valence-corrected chi connectivity index (χ2v) is 6.26. The summed E-state index contributed by atoms with van der Waals surface area (Å²) in [6.45, 7) is 8.26. The van der Waals surface area contributed by atoms with Crippen molar-refractivity contribution in [1.29, 1.82) is 0 Å². The molecule has 0 N–H and O–H groups in total. The van der Waals surface area contributed by atoms with E-state index in [1.165, 1.54) is 11.1 Å². The van der Waals surface area contributed by atoms with Crippen LogP contribution < -0.4 is 4.90 Å². The maximum absolute atomic E-state index is 12.3. The number of anilines is 1. The van der Waals surface area contributed by atoms with Crippen LogP contribution in [0.3, 0.4) is 0 Å². The Labute approximate surface area is 119 Å². The molecular weight excluding hydrogens is 262 g/mol. The first kappa shape index (κ1) is 14.2. The molecular formula is C15H20ClNO2. The molecule has 19 heavy (non-hydrogen) atoms. The Morgan fingerprint density at radius 1 is 1.47 bits per heavy atom. The number of fused-ring (bicyclic) bond motifs is 1. The topological polar surface area (TPSA) is 29.5 Å². The monoisotopic (exact) mass is 281 g/mol. The Kier molecular flexibility index (Phi) is 3.77. The highest BCUT2D eigenvalue weighted by Crippen LogP contribution is 2.39. The average Bonchev–Trinajstić information content (AvgIpc) is 2.67. The van der Waals surface area contributed by atoms with Gasteiger partial charge in [-0.25, -0.2) is 4.79 Å². The number of benzene rings is 1. The first-order chi connectivity index (χ1) is 8.83. The van der Waals surface area contributed by atoms with Gasteiger partial charge in [-0.15, -0.1) is 11.6 Å². The fourth-order valence-corrected chi connectivity index (χ4v) is 2.71. The van der Waals surface area contributed by atoms with Crippen LogP contribution in [0.1, 0.15) is 37.8 Å². The molecule has 104 valence electrons. The van der Waals surface area contributed by atoms with Gasteiger partial charge in [-0.1, -0.05) is 12.1 Å². The number of amides is 1. The molecule has 0 saturated heterocycles. The third-order valence-corrected chi connectivity index (χ3v) is 3.58. The van der Waals surface area contributed by atoms with Crippen molar-refractivity contribution in [2.24, 2.45) is 0 Å². The summed E-state index contributed by atoms with van der Waals surface area (Å²) in [6.07, 6.45) is -0.299. The summed E-state index contributed by atoms with van der Waals surface area (Å²) in [6, 6.07) is 5.97. The van der Waals surface area contributed by atoms with Crippen LogP contribution in [0.4, 0.5) is 10.5 Å². The lowest BCUT2D eigenvalue weighted by atomic mass is 9.98. The van der Waals surface area contributed by atoms with E-state index in [0.717, 1.165) is 5.69 Å². The SMILES string of the molecule is Cc1cccc2c1C(CCl)CN2C(=O)OC(C)(C)C. The highest BCUT2D eigenvalue weighted by Gasteiger charge is 2.35. The lowest BCUT2D eigenvalue weighted by Gasteiger charge is -2.25. The first-order valence-corrected chi connectivity index (χ1v) is 7.03. The zero-order valence-corrected chi connectivity index (χ0v) is 12.6. The van der Waals surface area contributed by atoms with Crippen molar-refractivity contribution in [3.63, 3.8) is 0 Å². The smallest absolute Gasteiger partial charge is 0.414 e. The zero-order valence-electron chi connectivity index (χ0n) is 11.9. The molecule has 1 unspecified atom stereocenters. The van der Waals surface area contributed by atoms with Gasteiger partial charge in [-0.3, -0.25) is 4.90 Å². The lowest BCUT2D eigenvalue weighted by Crippen LogP contribution is -2.36. The van der Waals surface area contributed by atoms with Crippen LogP contribution in [-0.4, -0.2) is 24.1 Å². The molecule has 1 amide bonds. The third kappa shape index (κ3) is 2.86. The molecule has 0 spiro atoms. The number of alkyl halides is 1. The Balaban J connectivity index is 2.32. The summed E-state index contributed by atoms with van der Waals surface area (Å²) in [7, 11) is 0. The molecule has 1 atom stereocenters. The molecule has 0 aliphatic carbocycles. The van der Waals surface area contributed by atoms with Gasteiger partial charge in [0.25, 0.3) is 0 Å². The van der Waals surface area contributed by atoms with Crippen LogP contribution in [0.15, 0.2) is 18.2 Å². The number of aryl methyl sites for hydroxylation is 1. The predicted molar refractivity (Wildman–Crippen MR) is 78.2 cm³/mol. The van der Waals surface area contributed by atoms with E-state index in [1.807, 2.05) is 32.9 Å². The number of halogens is 1. The van der Waals surface area contributed by atoms with E-state index in [2.05, 4.69) is 13.0 Å². The molecule has 2 rings (SSSR count). The van der Waals surface area contributed by atoms with E-state index in [-0.39, 0.29) is 12.0 Å². The number of carbonyl (C=O) groups excluding carboxylic acids is 1. The fraction of sp³-hybridized carbons (Fsp3) is 0.533. The number of nitrogens with zero attached hydrogens (tertiary/aromatic N) is 1. The molecule has 1 heterocycles. The minimum atomic E-state index is -0.486. The van der Waals surface area contributed by atoms with E-state index in [0.29, 0.717) is 12.4 Å². The Hall–Kier alpha value is -1.22. The van der Waals surface area contributed by atoms with Gasteiger partial charge in [0.1, 0.15) is 5.60 Å². The number of rotatable bonds is 1. The predicted octanol–water partition coefficient (Wildman–Crippen LogP) is 4.07. The summed E-state index contributed by atoms with van der Waals surface area (Å²) < 4.78 is 5.46. The molecule has 3 nitrogen and oxygen atoms in total. The largest absolute Gasteiger partial charge is 0.443 e. The fourth-order valence-electron chi connectivity index (χ4n) is 2.46. The summed E-state index contributed by atoms with van der Waals surface area (Å²) in [5.74, 6) is 0.697. The van der Waals surface area contributed by atoms with Crippen molar-refractivity contribution in [1.82, 2.24) is 0 Å². The molecule has 0 radical (unpaired) electrons. The lowest BCUT2D eigenvalue weighted by molar-refractivity contribution is 0.0582. The summed E-state index contributed by atoms with van der Waals surface area (Å²) in [4.78, 5) is 14.0. The summed E-state index contributed by atoms with van der Waals surface area (Å²) >= 11 is 6.03. The van der Waals surface area contributed by atoms with Gasteiger partial charge < -0.3 is 4.74 Å². The Bertz CT molecular complexity index is 493. The van der Waals surface area contributed by atoms with Gasteiger partial charge in [0.05, 0.1) is 5.69 Å². The van der Waals surface area contributed by atoms with Crippen molar-refractivity contribution >= 4 is 23.4 Å². The van der Waals surface area contributed by atoms with Crippen LogP contribution in [0.5, 0.6) is 0 Å². The normalized spacial score (nSPS) is 18.4. The first-order valence-electron chi connectivity index (χ1n) is 6.49. The maximum atomic E-state index is 12.3. The van der Waals surface area contributed by atoms with E-state index in [1.54, 1.807) is 4.90 Å². The Morgan fingerprint density at radius 2 is 2.16 bits per heavy atom. The van der Waals surface area contributed by atoms with Crippen LogP contribution in [0.2, 0.25) is 0 Å². The zero-order chi connectivity index (χ0) is 14.2. The van der Waals surface area contributed by atoms with Gasteiger partial charge in [0, 0.05) is 18.3 Å². The molecule has 1 aliphatic rings. The second-order valence-electron chi connectivity index (χ2n) is 5.95. The third-order valence-electron chi connectivity index (χ3n) is 3.20. The van der Waals surface area contributed by atoms with Crippen molar-refractivity contribution in [2.45, 2.75) is 39.2 Å². The number of hydrogen-bond acceptors (Lipinski definition) is 2. The van der Waals surface area contributed by atoms with Gasteiger partial charge in [-0.2, -0.15) is 0 Å². The van der Waals surface area contributed by atoms with E-state index in [4.69, 9.17) is 16.3 Å². The Morgan fingerprint density at radius 3 is 2.74 bits per heavy atom. The molecule has 1 aromatic rings. The van der Waals surface area contributed by atoms with E-state index >= 15 is 0 Å². The highest BCUT2D eigenvalue weighted by molar-refractivity contribution is 6.18. The molecule has 1 aromatic carbocycles. The second kappa shape index (κ2) is 5.04. The quantitative estimate of drug-likeness (QED) is 0.726. The minimum Gasteiger partial charge on any atom is -0.443 e. The molecule has 0 fully saturated rings. The number of ether oxygens (including phenoxy) is 1. The molecule has 4 heteroatoms. The number of carbonyl (C=O) groups is 1. The average molecular weight is 282 g/mol. The van der Waals surface area contributed by atoms with Crippen LogP contribution in [0, 0.1) is 6.92 Å². The number of hydrogen-bond donors (Lipinski definition) is 0. The summed E-state index contributed by atoms with van der Waals surface area (Å²) in [5, 5.41) is 0. The molecule has 0 aromatic heterocycles. The van der Waals surface area contributed by atoms with Gasteiger partial charge in [-0.05, 0) is 44.9 Å². The van der Waals surface area contributed by atoms with Gasteiger partial charge in [0.2, 0.25) is 0 Å².